The maximum Gasteiger partial charge on any atom is 0.166 e. The normalized spacial score (nSPS) is 9.94. The van der Waals surface area contributed by atoms with Crippen LogP contribution in [0.25, 0.3) is 0 Å². The van der Waals surface area contributed by atoms with E-state index in [-0.39, 0.29) is 12.4 Å². The molecule has 0 bridgehead atoms. The number of benzene rings is 1. The Labute approximate surface area is 99.7 Å². The molecule has 0 heterocycles. The SMILES string of the molecule is Cc1ccc(F)c(CNC(=S)NCCO)c1. The lowest BCUT2D eigenvalue weighted by atomic mass is 10.1. The van der Waals surface area contributed by atoms with Crippen LogP contribution in [0.2, 0.25) is 0 Å². The summed E-state index contributed by atoms with van der Waals surface area (Å²) in [5.74, 6) is -0.247. The highest BCUT2D eigenvalue weighted by Gasteiger charge is 2.02. The minimum atomic E-state index is -0.247. The first kappa shape index (κ1) is 12.9. The molecule has 1 rings (SSSR count). The molecule has 0 unspecified atom stereocenters. The fourth-order valence-electron chi connectivity index (χ4n) is 1.25. The van der Waals surface area contributed by atoms with E-state index in [9.17, 15) is 4.39 Å². The van der Waals surface area contributed by atoms with Crippen LogP contribution in [-0.2, 0) is 6.54 Å². The largest absolute Gasteiger partial charge is 0.395 e. The quantitative estimate of drug-likeness (QED) is 0.692. The van der Waals surface area contributed by atoms with Gasteiger partial charge in [-0.2, -0.15) is 0 Å². The minimum absolute atomic E-state index is 0.0145. The molecule has 3 nitrogen and oxygen atoms in total. The van der Waals surface area contributed by atoms with Crippen molar-refractivity contribution in [2.24, 2.45) is 0 Å². The average molecular weight is 242 g/mol. The van der Waals surface area contributed by atoms with Crippen molar-refractivity contribution in [2.45, 2.75) is 13.5 Å². The fraction of sp³-hybridized carbons (Fsp3) is 0.364. The predicted molar refractivity (Wildman–Crippen MR) is 65.7 cm³/mol. The van der Waals surface area contributed by atoms with Crippen molar-refractivity contribution in [2.75, 3.05) is 13.2 Å². The monoisotopic (exact) mass is 242 g/mol. The summed E-state index contributed by atoms with van der Waals surface area (Å²) in [7, 11) is 0. The summed E-state index contributed by atoms with van der Waals surface area (Å²) in [5.41, 5.74) is 1.58. The average Bonchev–Trinajstić information content (AvgIpc) is 2.27. The topological polar surface area (TPSA) is 44.3 Å². The Morgan fingerprint density at radius 3 is 2.88 bits per heavy atom. The summed E-state index contributed by atoms with van der Waals surface area (Å²) in [6.07, 6.45) is 0. The zero-order chi connectivity index (χ0) is 12.0. The molecule has 0 spiro atoms. The van der Waals surface area contributed by atoms with E-state index in [1.807, 2.05) is 6.92 Å². The molecule has 0 fully saturated rings. The smallest absolute Gasteiger partial charge is 0.166 e. The van der Waals surface area contributed by atoms with Crippen LogP contribution in [0.5, 0.6) is 0 Å². The van der Waals surface area contributed by atoms with Gasteiger partial charge < -0.3 is 15.7 Å². The third-order valence-electron chi connectivity index (χ3n) is 2.04. The Balaban J connectivity index is 2.47. The first-order valence-corrected chi connectivity index (χ1v) is 5.42. The van der Waals surface area contributed by atoms with Crippen molar-refractivity contribution in [3.05, 3.63) is 35.1 Å². The molecule has 3 N–H and O–H groups in total. The van der Waals surface area contributed by atoms with E-state index in [2.05, 4.69) is 10.6 Å². The molecule has 0 radical (unpaired) electrons. The van der Waals surface area contributed by atoms with Gasteiger partial charge in [-0.15, -0.1) is 0 Å². The van der Waals surface area contributed by atoms with Crippen LogP contribution in [0.1, 0.15) is 11.1 Å². The number of halogens is 1. The Morgan fingerprint density at radius 1 is 1.44 bits per heavy atom. The number of hydrogen-bond acceptors (Lipinski definition) is 2. The number of aliphatic hydroxyl groups is 1. The van der Waals surface area contributed by atoms with Crippen molar-refractivity contribution in [1.82, 2.24) is 10.6 Å². The second kappa shape index (κ2) is 6.40. The van der Waals surface area contributed by atoms with Gasteiger partial charge in [0.15, 0.2) is 5.11 Å². The Bertz CT molecular complexity index is 371. The van der Waals surface area contributed by atoms with Gasteiger partial charge >= 0.3 is 0 Å². The van der Waals surface area contributed by atoms with E-state index in [4.69, 9.17) is 17.3 Å². The maximum absolute atomic E-state index is 13.3. The van der Waals surface area contributed by atoms with Gasteiger partial charge in [0, 0.05) is 18.7 Å². The van der Waals surface area contributed by atoms with Gasteiger partial charge in [0.1, 0.15) is 5.82 Å². The highest BCUT2D eigenvalue weighted by atomic mass is 32.1. The van der Waals surface area contributed by atoms with Crippen molar-refractivity contribution in [3.63, 3.8) is 0 Å². The second-order valence-electron chi connectivity index (χ2n) is 3.43. The van der Waals surface area contributed by atoms with E-state index in [1.165, 1.54) is 6.07 Å². The highest BCUT2D eigenvalue weighted by Crippen LogP contribution is 2.09. The zero-order valence-corrected chi connectivity index (χ0v) is 9.90. The maximum atomic E-state index is 13.3. The van der Waals surface area contributed by atoms with Crippen LogP contribution in [0.4, 0.5) is 4.39 Å². The van der Waals surface area contributed by atoms with Crippen LogP contribution < -0.4 is 10.6 Å². The number of hydrogen-bond donors (Lipinski definition) is 3. The van der Waals surface area contributed by atoms with Gasteiger partial charge in [0.05, 0.1) is 6.61 Å². The molecule has 0 atom stereocenters. The van der Waals surface area contributed by atoms with E-state index in [1.54, 1.807) is 12.1 Å². The number of aliphatic hydroxyl groups excluding tert-OH is 1. The summed E-state index contributed by atoms with van der Waals surface area (Å²) in [4.78, 5) is 0. The molecule has 0 aliphatic carbocycles. The lowest BCUT2D eigenvalue weighted by Crippen LogP contribution is -2.36. The first-order chi connectivity index (χ1) is 7.63. The fourth-order valence-corrected chi connectivity index (χ4v) is 1.42. The van der Waals surface area contributed by atoms with Crippen molar-refractivity contribution >= 4 is 17.3 Å². The molecular weight excluding hydrogens is 227 g/mol. The molecule has 0 aromatic heterocycles. The molecule has 0 saturated carbocycles. The summed E-state index contributed by atoms with van der Waals surface area (Å²) in [6.45, 7) is 2.65. The van der Waals surface area contributed by atoms with Crippen molar-refractivity contribution < 1.29 is 9.50 Å². The summed E-state index contributed by atoms with van der Waals surface area (Å²) in [6, 6.07) is 4.94. The Morgan fingerprint density at radius 2 is 2.19 bits per heavy atom. The van der Waals surface area contributed by atoms with Gasteiger partial charge in [-0.05, 0) is 25.2 Å². The van der Waals surface area contributed by atoms with Gasteiger partial charge in [0.25, 0.3) is 0 Å². The first-order valence-electron chi connectivity index (χ1n) is 5.01. The Kier molecular flexibility index (Phi) is 5.14. The van der Waals surface area contributed by atoms with Crippen molar-refractivity contribution in [3.8, 4) is 0 Å². The number of aryl methyl sites for hydroxylation is 1. The summed E-state index contributed by atoms with van der Waals surface area (Å²) in [5, 5.41) is 14.6. The van der Waals surface area contributed by atoms with Crippen LogP contribution in [0, 0.1) is 12.7 Å². The number of thiocarbonyl (C=S) groups is 1. The summed E-state index contributed by atoms with van der Waals surface area (Å²) >= 11 is 4.94. The number of rotatable bonds is 4. The van der Waals surface area contributed by atoms with E-state index in [0.717, 1.165) is 5.56 Å². The van der Waals surface area contributed by atoms with E-state index in [0.29, 0.717) is 23.8 Å². The van der Waals surface area contributed by atoms with Gasteiger partial charge in [-0.1, -0.05) is 17.7 Å². The van der Waals surface area contributed by atoms with E-state index < -0.39 is 0 Å². The molecule has 0 aliphatic heterocycles. The van der Waals surface area contributed by atoms with Crippen LogP contribution >= 0.6 is 12.2 Å². The zero-order valence-electron chi connectivity index (χ0n) is 9.09. The molecule has 1 aromatic rings. The minimum Gasteiger partial charge on any atom is -0.395 e. The lowest BCUT2D eigenvalue weighted by molar-refractivity contribution is 0.300. The molecule has 5 heteroatoms. The van der Waals surface area contributed by atoms with Crippen LogP contribution in [0.15, 0.2) is 18.2 Å². The van der Waals surface area contributed by atoms with Gasteiger partial charge in [-0.25, -0.2) is 4.39 Å². The molecule has 0 saturated heterocycles. The third kappa shape index (κ3) is 4.12. The molecule has 16 heavy (non-hydrogen) atoms. The second-order valence-corrected chi connectivity index (χ2v) is 3.84. The molecular formula is C11H15FN2OS. The molecule has 1 aromatic carbocycles. The lowest BCUT2D eigenvalue weighted by Gasteiger charge is -2.10. The molecule has 0 amide bonds. The standard InChI is InChI=1S/C11H15FN2OS/c1-8-2-3-10(12)9(6-8)7-14-11(16)13-4-5-15/h2-3,6,15H,4-5,7H2,1H3,(H2,13,14,16). The van der Waals surface area contributed by atoms with Crippen molar-refractivity contribution in [1.29, 1.82) is 0 Å². The van der Waals surface area contributed by atoms with Crippen LogP contribution in [0.3, 0.4) is 0 Å². The van der Waals surface area contributed by atoms with Gasteiger partial charge in [-0.3, -0.25) is 0 Å². The van der Waals surface area contributed by atoms with Gasteiger partial charge in [0.2, 0.25) is 0 Å². The van der Waals surface area contributed by atoms with Crippen LogP contribution in [-0.4, -0.2) is 23.4 Å². The highest BCUT2D eigenvalue weighted by molar-refractivity contribution is 7.80. The third-order valence-corrected chi connectivity index (χ3v) is 2.33. The van der Waals surface area contributed by atoms with E-state index >= 15 is 0 Å². The number of nitrogens with one attached hydrogen (secondary N) is 2. The predicted octanol–water partition coefficient (Wildman–Crippen LogP) is 1.09. The molecule has 88 valence electrons. The molecule has 0 aliphatic rings. The summed E-state index contributed by atoms with van der Waals surface area (Å²) < 4.78 is 13.3. The Hall–Kier alpha value is -1.20.